The van der Waals surface area contributed by atoms with Gasteiger partial charge in [-0.2, -0.15) is 0 Å². The highest BCUT2D eigenvalue weighted by molar-refractivity contribution is 7.99. The summed E-state index contributed by atoms with van der Waals surface area (Å²) < 4.78 is 10.8. The maximum atomic E-state index is 12.1. The van der Waals surface area contributed by atoms with Crippen LogP contribution in [-0.2, 0) is 11.2 Å². The molecule has 0 spiro atoms. The molecule has 1 aromatic heterocycles. The molecule has 0 saturated heterocycles. The van der Waals surface area contributed by atoms with Crippen LogP contribution in [-0.4, -0.2) is 29.0 Å². The lowest BCUT2D eigenvalue weighted by Gasteiger charge is -2.09. The fourth-order valence-electron chi connectivity index (χ4n) is 2.33. The lowest BCUT2D eigenvalue weighted by Crippen LogP contribution is -2.12. The maximum absolute atomic E-state index is 12.1. The van der Waals surface area contributed by atoms with Gasteiger partial charge in [-0.1, -0.05) is 54.2 Å². The summed E-state index contributed by atoms with van der Waals surface area (Å²) in [6.07, 6.45) is 0.932. The van der Waals surface area contributed by atoms with Crippen LogP contribution in [0.5, 0.6) is 5.75 Å². The van der Waals surface area contributed by atoms with Crippen molar-refractivity contribution in [3.63, 3.8) is 0 Å². The highest BCUT2D eigenvalue weighted by Gasteiger charge is 2.10. The van der Waals surface area contributed by atoms with Gasteiger partial charge in [-0.3, -0.25) is 4.79 Å². The molecule has 0 bridgehead atoms. The van der Waals surface area contributed by atoms with Gasteiger partial charge in [-0.15, -0.1) is 10.2 Å². The Morgan fingerprint density at radius 2 is 1.88 bits per heavy atom. The number of amides is 1. The maximum Gasteiger partial charge on any atom is 0.276 e. The van der Waals surface area contributed by atoms with Crippen LogP contribution in [0.4, 0.5) is 5.69 Å². The first kappa shape index (κ1) is 18.0. The summed E-state index contributed by atoms with van der Waals surface area (Å²) in [5.41, 5.74) is 1.77. The summed E-state index contributed by atoms with van der Waals surface area (Å²) in [6, 6.07) is 17.2. The summed E-state index contributed by atoms with van der Waals surface area (Å²) >= 11 is 1.37. The standard InChI is InChI=1S/C19H19N3O3S/c1-24-16-10-6-5-9-15(16)20-17(23)11-12-26-19-22-21-18(25-19)13-14-7-3-2-4-8-14/h2-10H,11-13H2,1H3,(H,20,23). The van der Waals surface area contributed by atoms with Crippen LogP contribution in [0, 0.1) is 0 Å². The Labute approximate surface area is 156 Å². The van der Waals surface area contributed by atoms with Gasteiger partial charge in [-0.25, -0.2) is 0 Å². The number of nitrogens with one attached hydrogen (secondary N) is 1. The Bertz CT molecular complexity index is 852. The molecule has 2 aromatic carbocycles. The van der Waals surface area contributed by atoms with Gasteiger partial charge in [0, 0.05) is 12.2 Å². The average molecular weight is 369 g/mol. The third kappa shape index (κ3) is 5.10. The van der Waals surface area contributed by atoms with Crippen molar-refractivity contribution in [2.24, 2.45) is 0 Å². The number of nitrogens with zero attached hydrogens (tertiary/aromatic N) is 2. The van der Waals surface area contributed by atoms with Crippen molar-refractivity contribution in [2.45, 2.75) is 18.1 Å². The van der Waals surface area contributed by atoms with E-state index in [-0.39, 0.29) is 5.91 Å². The highest BCUT2D eigenvalue weighted by Crippen LogP contribution is 2.24. The molecule has 3 aromatic rings. The number of aromatic nitrogens is 2. The van der Waals surface area contributed by atoms with E-state index in [0.717, 1.165) is 5.56 Å². The normalized spacial score (nSPS) is 10.5. The van der Waals surface area contributed by atoms with Crippen molar-refractivity contribution >= 4 is 23.4 Å². The summed E-state index contributed by atoms with van der Waals surface area (Å²) in [7, 11) is 1.57. The van der Waals surface area contributed by atoms with Gasteiger partial charge in [0.1, 0.15) is 5.75 Å². The molecule has 1 heterocycles. The zero-order valence-corrected chi connectivity index (χ0v) is 15.2. The second kappa shape index (κ2) is 9.05. The predicted octanol–water partition coefficient (Wildman–Crippen LogP) is 3.79. The second-order valence-electron chi connectivity index (χ2n) is 5.47. The van der Waals surface area contributed by atoms with Gasteiger partial charge in [-0.05, 0) is 17.7 Å². The number of para-hydroxylation sites is 2. The number of thioether (sulfide) groups is 1. The molecule has 6 nitrogen and oxygen atoms in total. The van der Waals surface area contributed by atoms with Gasteiger partial charge in [0.25, 0.3) is 5.22 Å². The molecule has 0 aliphatic heterocycles. The molecule has 7 heteroatoms. The van der Waals surface area contributed by atoms with E-state index in [9.17, 15) is 4.79 Å². The third-order valence-corrected chi connectivity index (χ3v) is 4.40. The molecule has 1 N–H and O–H groups in total. The van der Waals surface area contributed by atoms with Crippen molar-refractivity contribution in [2.75, 3.05) is 18.2 Å². The molecule has 0 aliphatic rings. The summed E-state index contributed by atoms with van der Waals surface area (Å²) in [6.45, 7) is 0. The zero-order valence-electron chi connectivity index (χ0n) is 14.3. The molecule has 0 unspecified atom stereocenters. The molecule has 26 heavy (non-hydrogen) atoms. The largest absolute Gasteiger partial charge is 0.495 e. The van der Waals surface area contributed by atoms with Gasteiger partial charge in [0.2, 0.25) is 11.8 Å². The Balaban J connectivity index is 1.45. The molecule has 0 saturated carbocycles. The molecule has 0 aliphatic carbocycles. The Kier molecular flexibility index (Phi) is 6.27. The minimum absolute atomic E-state index is 0.0916. The van der Waals surface area contributed by atoms with Crippen molar-refractivity contribution in [3.05, 3.63) is 66.1 Å². The van der Waals surface area contributed by atoms with E-state index in [1.165, 1.54) is 11.8 Å². The van der Waals surface area contributed by atoms with Crippen LogP contribution in [0.3, 0.4) is 0 Å². The van der Waals surface area contributed by atoms with Crippen LogP contribution >= 0.6 is 11.8 Å². The Morgan fingerprint density at radius 1 is 1.12 bits per heavy atom. The molecule has 3 rings (SSSR count). The van der Waals surface area contributed by atoms with Crippen molar-refractivity contribution in [3.8, 4) is 5.75 Å². The van der Waals surface area contributed by atoms with E-state index in [4.69, 9.17) is 9.15 Å². The van der Waals surface area contributed by atoms with E-state index in [0.29, 0.717) is 41.1 Å². The highest BCUT2D eigenvalue weighted by atomic mass is 32.2. The molecule has 0 atom stereocenters. The number of anilines is 1. The third-order valence-electron chi connectivity index (χ3n) is 3.58. The first-order valence-electron chi connectivity index (χ1n) is 8.16. The number of carbonyl (C=O) groups excluding carboxylic acids is 1. The van der Waals surface area contributed by atoms with Crippen LogP contribution in [0.2, 0.25) is 0 Å². The molecule has 1 amide bonds. The van der Waals surface area contributed by atoms with Crippen molar-refractivity contribution in [1.29, 1.82) is 0 Å². The van der Waals surface area contributed by atoms with E-state index in [1.54, 1.807) is 19.2 Å². The summed E-state index contributed by atoms with van der Waals surface area (Å²) in [5, 5.41) is 11.4. The quantitative estimate of drug-likeness (QED) is 0.609. The zero-order chi connectivity index (χ0) is 18.2. The minimum Gasteiger partial charge on any atom is -0.495 e. The van der Waals surface area contributed by atoms with E-state index >= 15 is 0 Å². The lowest BCUT2D eigenvalue weighted by molar-refractivity contribution is -0.115. The fraction of sp³-hybridized carbons (Fsp3) is 0.211. The van der Waals surface area contributed by atoms with Gasteiger partial charge in [0.05, 0.1) is 19.2 Å². The van der Waals surface area contributed by atoms with E-state index < -0.39 is 0 Å². The van der Waals surface area contributed by atoms with Crippen LogP contribution < -0.4 is 10.1 Å². The van der Waals surface area contributed by atoms with Gasteiger partial charge >= 0.3 is 0 Å². The first-order valence-corrected chi connectivity index (χ1v) is 9.15. The number of ether oxygens (including phenoxy) is 1. The van der Waals surface area contributed by atoms with E-state index in [1.807, 2.05) is 42.5 Å². The summed E-state index contributed by atoms with van der Waals surface area (Å²) in [5.74, 6) is 1.66. The molecule has 0 fully saturated rings. The van der Waals surface area contributed by atoms with Crippen molar-refractivity contribution in [1.82, 2.24) is 10.2 Å². The van der Waals surface area contributed by atoms with Crippen LogP contribution in [0.1, 0.15) is 17.9 Å². The SMILES string of the molecule is COc1ccccc1NC(=O)CCSc1nnc(Cc2ccccc2)o1. The van der Waals surface area contributed by atoms with Gasteiger partial charge < -0.3 is 14.5 Å². The Hall–Kier alpha value is -2.80. The topological polar surface area (TPSA) is 77.2 Å². The number of benzene rings is 2. The number of hydrogen-bond donors (Lipinski definition) is 1. The second-order valence-corrected chi connectivity index (χ2v) is 6.52. The number of methoxy groups -OCH3 is 1. The van der Waals surface area contributed by atoms with Crippen LogP contribution in [0.15, 0.2) is 64.2 Å². The number of rotatable bonds is 8. The monoisotopic (exact) mass is 369 g/mol. The summed E-state index contributed by atoms with van der Waals surface area (Å²) in [4.78, 5) is 12.1. The molecule has 134 valence electrons. The minimum atomic E-state index is -0.0916. The predicted molar refractivity (Wildman–Crippen MR) is 101 cm³/mol. The molecular formula is C19H19N3O3S. The molecule has 0 radical (unpaired) electrons. The number of carbonyl (C=O) groups is 1. The average Bonchev–Trinajstić information content (AvgIpc) is 3.10. The first-order chi connectivity index (χ1) is 12.7. The molecular weight excluding hydrogens is 350 g/mol. The smallest absolute Gasteiger partial charge is 0.276 e. The van der Waals surface area contributed by atoms with Crippen LogP contribution in [0.25, 0.3) is 0 Å². The Morgan fingerprint density at radius 3 is 2.69 bits per heavy atom. The lowest BCUT2D eigenvalue weighted by atomic mass is 10.2. The van der Waals surface area contributed by atoms with Crippen molar-refractivity contribution < 1.29 is 13.9 Å². The van der Waals surface area contributed by atoms with Gasteiger partial charge in [0.15, 0.2) is 0 Å². The fourth-order valence-corrected chi connectivity index (χ4v) is 3.05. The number of hydrogen-bond acceptors (Lipinski definition) is 6. The van der Waals surface area contributed by atoms with E-state index in [2.05, 4.69) is 15.5 Å².